The molecule has 2 aromatic rings. The van der Waals surface area contributed by atoms with Crippen LogP contribution in [-0.4, -0.2) is 15.0 Å². The van der Waals surface area contributed by atoms with Crippen LogP contribution in [0.4, 0.5) is 5.69 Å². The van der Waals surface area contributed by atoms with Gasteiger partial charge in [0, 0.05) is 5.02 Å². The zero-order chi connectivity index (χ0) is 16.3. The van der Waals surface area contributed by atoms with Gasteiger partial charge in [-0.1, -0.05) is 29.3 Å². The molecule has 2 rings (SSSR count). The maximum absolute atomic E-state index is 12.4. The minimum atomic E-state index is -3.76. The van der Waals surface area contributed by atoms with Crippen LogP contribution in [0.1, 0.15) is 12.5 Å². The topological polar surface area (TPSA) is 55.4 Å². The lowest BCUT2D eigenvalue weighted by atomic mass is 10.2. The molecular formula is C15H15Cl2NO3S. The van der Waals surface area contributed by atoms with Crippen molar-refractivity contribution in [2.24, 2.45) is 0 Å². The number of aryl methyl sites for hydroxylation is 1. The van der Waals surface area contributed by atoms with Gasteiger partial charge in [0.1, 0.15) is 5.75 Å². The first kappa shape index (κ1) is 16.9. The minimum Gasteiger partial charge on any atom is -0.492 e. The van der Waals surface area contributed by atoms with Crippen LogP contribution in [-0.2, 0) is 10.0 Å². The van der Waals surface area contributed by atoms with Crippen molar-refractivity contribution in [3.05, 3.63) is 52.0 Å². The van der Waals surface area contributed by atoms with E-state index >= 15 is 0 Å². The highest BCUT2D eigenvalue weighted by Gasteiger charge is 2.17. The molecule has 0 aliphatic heterocycles. The van der Waals surface area contributed by atoms with Gasteiger partial charge in [0.25, 0.3) is 10.0 Å². The van der Waals surface area contributed by atoms with Gasteiger partial charge in [-0.05, 0) is 49.7 Å². The van der Waals surface area contributed by atoms with E-state index in [9.17, 15) is 8.42 Å². The summed E-state index contributed by atoms with van der Waals surface area (Å²) in [5.41, 5.74) is 1.20. The lowest BCUT2D eigenvalue weighted by Gasteiger charge is -2.12. The molecule has 7 heteroatoms. The summed E-state index contributed by atoms with van der Waals surface area (Å²) in [5, 5.41) is 0.695. The van der Waals surface area contributed by atoms with Crippen LogP contribution in [0.3, 0.4) is 0 Å². The first-order valence-corrected chi connectivity index (χ1v) is 8.78. The second-order valence-corrected chi connectivity index (χ2v) is 7.12. The van der Waals surface area contributed by atoms with E-state index in [1.165, 1.54) is 18.2 Å². The second-order valence-electron chi connectivity index (χ2n) is 4.59. The molecule has 0 radical (unpaired) electrons. The zero-order valence-corrected chi connectivity index (χ0v) is 14.4. The fourth-order valence-electron chi connectivity index (χ4n) is 1.83. The van der Waals surface area contributed by atoms with E-state index in [1.54, 1.807) is 25.1 Å². The van der Waals surface area contributed by atoms with Crippen LogP contribution in [0.15, 0.2) is 41.3 Å². The highest BCUT2D eigenvalue weighted by atomic mass is 35.5. The van der Waals surface area contributed by atoms with Crippen molar-refractivity contribution in [3.63, 3.8) is 0 Å². The molecule has 0 bridgehead atoms. The van der Waals surface area contributed by atoms with Crippen molar-refractivity contribution in [2.45, 2.75) is 18.7 Å². The smallest absolute Gasteiger partial charge is 0.261 e. The number of nitrogens with one attached hydrogen (secondary N) is 1. The monoisotopic (exact) mass is 359 g/mol. The maximum Gasteiger partial charge on any atom is 0.261 e. The van der Waals surface area contributed by atoms with Crippen molar-refractivity contribution in [1.82, 2.24) is 0 Å². The van der Waals surface area contributed by atoms with E-state index < -0.39 is 10.0 Å². The molecule has 0 fully saturated rings. The molecule has 22 heavy (non-hydrogen) atoms. The average molecular weight is 360 g/mol. The summed E-state index contributed by atoms with van der Waals surface area (Å²) >= 11 is 11.9. The third kappa shape index (κ3) is 3.85. The number of halogens is 2. The molecule has 0 atom stereocenters. The largest absolute Gasteiger partial charge is 0.492 e. The number of hydrogen-bond acceptors (Lipinski definition) is 3. The molecule has 0 aliphatic carbocycles. The van der Waals surface area contributed by atoms with Crippen LogP contribution in [0.5, 0.6) is 5.75 Å². The van der Waals surface area contributed by atoms with Crippen LogP contribution in [0.2, 0.25) is 10.0 Å². The molecule has 118 valence electrons. The van der Waals surface area contributed by atoms with Crippen LogP contribution < -0.4 is 9.46 Å². The Morgan fingerprint density at radius 2 is 1.86 bits per heavy atom. The molecule has 1 N–H and O–H groups in total. The van der Waals surface area contributed by atoms with Crippen molar-refractivity contribution >= 4 is 38.9 Å². The third-order valence-corrected chi connectivity index (χ3v) is 4.85. The highest BCUT2D eigenvalue weighted by Crippen LogP contribution is 2.29. The third-order valence-electron chi connectivity index (χ3n) is 2.96. The molecule has 0 amide bonds. The Labute approximate surface area is 140 Å². The summed E-state index contributed by atoms with van der Waals surface area (Å²) < 4.78 is 32.7. The quantitative estimate of drug-likeness (QED) is 0.854. The number of anilines is 1. The van der Waals surface area contributed by atoms with Gasteiger partial charge in [0.05, 0.1) is 22.2 Å². The average Bonchev–Trinajstić information content (AvgIpc) is 2.45. The normalized spacial score (nSPS) is 11.3. The van der Waals surface area contributed by atoms with E-state index in [-0.39, 0.29) is 9.92 Å². The second kappa shape index (κ2) is 6.77. The molecule has 2 aromatic carbocycles. The number of ether oxygens (including phenoxy) is 1. The molecular weight excluding hydrogens is 345 g/mol. The Morgan fingerprint density at radius 3 is 2.50 bits per heavy atom. The number of hydrogen-bond donors (Lipinski definition) is 1. The molecule has 0 spiro atoms. The minimum absolute atomic E-state index is 0.0559. The lowest BCUT2D eigenvalue weighted by molar-refractivity contribution is 0.340. The van der Waals surface area contributed by atoms with E-state index in [2.05, 4.69) is 4.72 Å². The molecule has 0 unspecified atom stereocenters. The Bertz CT molecular complexity index is 791. The maximum atomic E-state index is 12.4. The fourth-order valence-corrected chi connectivity index (χ4v) is 3.45. The summed E-state index contributed by atoms with van der Waals surface area (Å²) in [6.07, 6.45) is 0. The van der Waals surface area contributed by atoms with Gasteiger partial charge in [-0.15, -0.1) is 0 Å². The van der Waals surface area contributed by atoms with E-state index in [4.69, 9.17) is 27.9 Å². The first-order valence-electron chi connectivity index (χ1n) is 6.55. The van der Waals surface area contributed by atoms with Gasteiger partial charge in [-0.3, -0.25) is 4.72 Å². The van der Waals surface area contributed by atoms with Gasteiger partial charge in [-0.2, -0.15) is 0 Å². The van der Waals surface area contributed by atoms with Gasteiger partial charge in [-0.25, -0.2) is 8.42 Å². The van der Waals surface area contributed by atoms with Crippen molar-refractivity contribution in [3.8, 4) is 5.75 Å². The fraction of sp³-hybridized carbons (Fsp3) is 0.200. The van der Waals surface area contributed by atoms with Gasteiger partial charge in [0.15, 0.2) is 0 Å². The van der Waals surface area contributed by atoms with Crippen molar-refractivity contribution in [1.29, 1.82) is 0 Å². The van der Waals surface area contributed by atoms with Crippen LogP contribution >= 0.6 is 23.2 Å². The Kier molecular flexibility index (Phi) is 5.21. The van der Waals surface area contributed by atoms with E-state index in [0.717, 1.165) is 5.56 Å². The number of benzene rings is 2. The standard InChI is InChI=1S/C15H15Cl2NO3S/c1-3-21-15-7-6-12(9-13(15)17)22(19,20)18-14-8-11(16)5-4-10(14)2/h4-9,18H,3H2,1-2H3. The molecule has 0 aliphatic rings. The van der Waals surface area contributed by atoms with E-state index in [1.807, 2.05) is 6.92 Å². The van der Waals surface area contributed by atoms with Gasteiger partial charge >= 0.3 is 0 Å². The predicted molar refractivity (Wildman–Crippen MR) is 89.6 cm³/mol. The Hall–Kier alpha value is -1.43. The SMILES string of the molecule is CCOc1ccc(S(=O)(=O)Nc2cc(Cl)ccc2C)cc1Cl. The molecule has 0 saturated heterocycles. The van der Waals surface area contributed by atoms with Crippen molar-refractivity contribution < 1.29 is 13.2 Å². The summed E-state index contributed by atoms with van der Waals surface area (Å²) in [4.78, 5) is 0.0559. The summed E-state index contributed by atoms with van der Waals surface area (Å²) in [6.45, 7) is 4.07. The molecule has 0 aromatic heterocycles. The number of rotatable bonds is 5. The summed E-state index contributed by atoms with van der Waals surface area (Å²) in [6, 6.07) is 9.33. The van der Waals surface area contributed by atoms with Gasteiger partial charge in [0.2, 0.25) is 0 Å². The Morgan fingerprint density at radius 1 is 1.14 bits per heavy atom. The first-order chi connectivity index (χ1) is 10.3. The number of sulfonamides is 1. The molecule has 4 nitrogen and oxygen atoms in total. The van der Waals surface area contributed by atoms with Gasteiger partial charge < -0.3 is 4.74 Å². The highest BCUT2D eigenvalue weighted by molar-refractivity contribution is 7.92. The lowest BCUT2D eigenvalue weighted by Crippen LogP contribution is -2.13. The van der Waals surface area contributed by atoms with E-state index in [0.29, 0.717) is 23.1 Å². The Balaban J connectivity index is 2.34. The van der Waals surface area contributed by atoms with Crippen LogP contribution in [0, 0.1) is 6.92 Å². The molecule has 0 heterocycles. The summed E-state index contributed by atoms with van der Waals surface area (Å²) in [5.74, 6) is 0.446. The van der Waals surface area contributed by atoms with Crippen molar-refractivity contribution in [2.75, 3.05) is 11.3 Å². The van der Waals surface area contributed by atoms with Crippen LogP contribution in [0.25, 0.3) is 0 Å². The zero-order valence-electron chi connectivity index (χ0n) is 12.1. The summed E-state index contributed by atoms with van der Waals surface area (Å²) in [7, 11) is -3.76. The molecule has 0 saturated carbocycles. The predicted octanol–water partition coefficient (Wildman–Crippen LogP) is 4.50.